The summed E-state index contributed by atoms with van der Waals surface area (Å²) < 4.78 is 32.8. The minimum Gasteiger partial charge on any atom is -0.494 e. The molecule has 0 heterocycles. The van der Waals surface area contributed by atoms with Crippen molar-refractivity contribution in [2.45, 2.75) is 71.1 Å². The fourth-order valence-electron chi connectivity index (χ4n) is 4.69. The summed E-state index contributed by atoms with van der Waals surface area (Å²) in [4.78, 5) is 25.5. The molecule has 0 aliphatic carbocycles. The highest BCUT2D eigenvalue weighted by Crippen LogP contribution is 2.23. The maximum atomic E-state index is 12.8. The van der Waals surface area contributed by atoms with Crippen molar-refractivity contribution >= 4 is 11.9 Å². The Hall–Kier alpha value is -3.88. The second kappa shape index (κ2) is 21.0. The van der Waals surface area contributed by atoms with Gasteiger partial charge in [-0.05, 0) is 105 Å². The number of benzene rings is 3. The van der Waals surface area contributed by atoms with E-state index in [-0.39, 0.29) is 0 Å². The zero-order chi connectivity index (χ0) is 32.1. The largest absolute Gasteiger partial charge is 0.494 e. The molecule has 0 saturated carbocycles. The maximum Gasteiger partial charge on any atom is 0.343 e. The number of hydrogen-bond acceptors (Lipinski definition) is 8. The lowest BCUT2D eigenvalue weighted by atomic mass is 10.1. The lowest BCUT2D eigenvalue weighted by Gasteiger charge is -2.11. The average molecular weight is 621 g/mol. The molecule has 0 atom stereocenters. The van der Waals surface area contributed by atoms with Crippen molar-refractivity contribution in [1.29, 1.82) is 0 Å². The lowest BCUT2D eigenvalue weighted by molar-refractivity contribution is 0.0730. The van der Waals surface area contributed by atoms with Gasteiger partial charge in [0.25, 0.3) is 0 Å². The fourth-order valence-corrected chi connectivity index (χ4v) is 4.69. The molecule has 0 aromatic heterocycles. The highest BCUT2D eigenvalue weighted by molar-refractivity contribution is 5.93. The van der Waals surface area contributed by atoms with Gasteiger partial charge in [-0.1, -0.05) is 38.5 Å². The first-order valence-electron chi connectivity index (χ1n) is 16.0. The second-order valence-electron chi connectivity index (χ2n) is 11.0. The molecule has 3 rings (SSSR count). The summed E-state index contributed by atoms with van der Waals surface area (Å²) in [7, 11) is 3.46. The minimum atomic E-state index is -0.491. The zero-order valence-electron chi connectivity index (χ0n) is 27.0. The van der Waals surface area contributed by atoms with Crippen molar-refractivity contribution in [2.24, 2.45) is 0 Å². The van der Waals surface area contributed by atoms with Crippen LogP contribution in [0.1, 0.15) is 90.5 Å². The van der Waals surface area contributed by atoms with Crippen LogP contribution in [0.25, 0.3) is 0 Å². The molecule has 0 saturated heterocycles. The van der Waals surface area contributed by atoms with Gasteiger partial charge in [0, 0.05) is 27.4 Å². The number of aryl methyl sites for hydroxylation is 1. The Morgan fingerprint density at radius 1 is 0.489 bits per heavy atom. The van der Waals surface area contributed by atoms with E-state index in [4.69, 9.17) is 28.4 Å². The van der Waals surface area contributed by atoms with Crippen LogP contribution in [-0.2, 0) is 9.47 Å². The Balaban J connectivity index is 1.39. The van der Waals surface area contributed by atoms with E-state index in [9.17, 15) is 9.59 Å². The standard InChI is InChI=1S/C37H48O8/c1-29-28-34(45-36(38)30-14-16-31(17-15-30)42-26-12-8-4-6-10-24-40-2)22-23-35(29)37(39)44-33-20-18-32(19-21-33)43-27-13-9-5-7-11-25-41-3/h14-23,28H,4-13,24-27H2,1-3H3. The SMILES string of the molecule is COCCCCCCCOc1ccc(OC(=O)c2ccc(OC(=O)c3ccc(OCCCCCCCOC)cc3)cc2C)cc1. The molecule has 0 unspecified atom stereocenters. The van der Waals surface area contributed by atoms with Gasteiger partial charge >= 0.3 is 11.9 Å². The molecule has 0 aliphatic rings. The normalized spacial score (nSPS) is 10.8. The summed E-state index contributed by atoms with van der Waals surface area (Å²) in [6.45, 7) is 4.69. The highest BCUT2D eigenvalue weighted by Gasteiger charge is 2.15. The van der Waals surface area contributed by atoms with Crippen LogP contribution in [0.5, 0.6) is 23.0 Å². The zero-order valence-corrected chi connectivity index (χ0v) is 27.0. The topological polar surface area (TPSA) is 89.5 Å². The summed E-state index contributed by atoms with van der Waals surface area (Å²) in [6.07, 6.45) is 11.1. The molecule has 0 fully saturated rings. The van der Waals surface area contributed by atoms with Gasteiger partial charge in [-0.2, -0.15) is 0 Å². The number of unbranched alkanes of at least 4 members (excludes halogenated alkanes) is 8. The Morgan fingerprint density at radius 2 is 0.911 bits per heavy atom. The minimum absolute atomic E-state index is 0.344. The molecule has 8 heteroatoms. The van der Waals surface area contributed by atoms with Crippen molar-refractivity contribution in [3.63, 3.8) is 0 Å². The molecule has 0 bridgehead atoms. The molecule has 0 aliphatic heterocycles. The van der Waals surface area contributed by atoms with Gasteiger partial charge in [0.05, 0.1) is 24.3 Å². The van der Waals surface area contributed by atoms with E-state index in [0.717, 1.165) is 57.5 Å². The van der Waals surface area contributed by atoms with Crippen LogP contribution in [0, 0.1) is 6.92 Å². The predicted molar refractivity (Wildman–Crippen MR) is 175 cm³/mol. The van der Waals surface area contributed by atoms with Crippen LogP contribution < -0.4 is 18.9 Å². The first kappa shape index (κ1) is 35.6. The number of hydrogen-bond donors (Lipinski definition) is 0. The number of ether oxygens (including phenoxy) is 6. The quantitative estimate of drug-likeness (QED) is 0.0629. The van der Waals surface area contributed by atoms with Gasteiger partial charge < -0.3 is 28.4 Å². The number of rotatable bonds is 22. The summed E-state index contributed by atoms with van der Waals surface area (Å²) in [5.74, 6) is 1.23. The molecule has 3 aromatic carbocycles. The third-order valence-corrected chi connectivity index (χ3v) is 7.28. The molecule has 0 spiro atoms. The van der Waals surface area contributed by atoms with E-state index in [0.29, 0.717) is 47.2 Å². The molecule has 45 heavy (non-hydrogen) atoms. The molecule has 0 radical (unpaired) electrons. The summed E-state index contributed by atoms with van der Waals surface area (Å²) >= 11 is 0. The van der Waals surface area contributed by atoms with Gasteiger partial charge in [-0.15, -0.1) is 0 Å². The lowest BCUT2D eigenvalue weighted by Crippen LogP contribution is -2.12. The molecule has 244 valence electrons. The van der Waals surface area contributed by atoms with Gasteiger partial charge in [-0.3, -0.25) is 0 Å². The van der Waals surface area contributed by atoms with Crippen molar-refractivity contribution in [3.05, 3.63) is 83.4 Å². The molecular weight excluding hydrogens is 572 g/mol. The Morgan fingerprint density at radius 3 is 1.42 bits per heavy atom. The summed E-state index contributed by atoms with van der Waals surface area (Å²) in [6, 6.07) is 18.8. The first-order chi connectivity index (χ1) is 22.0. The smallest absolute Gasteiger partial charge is 0.343 e. The number of carbonyl (C=O) groups excluding carboxylic acids is 2. The third-order valence-electron chi connectivity index (χ3n) is 7.28. The van der Waals surface area contributed by atoms with Crippen LogP contribution in [0.2, 0.25) is 0 Å². The van der Waals surface area contributed by atoms with Crippen molar-refractivity contribution in [3.8, 4) is 23.0 Å². The second-order valence-corrected chi connectivity index (χ2v) is 11.0. The van der Waals surface area contributed by atoms with Gasteiger partial charge in [-0.25, -0.2) is 9.59 Å². The van der Waals surface area contributed by atoms with Crippen molar-refractivity contribution in [1.82, 2.24) is 0 Å². The van der Waals surface area contributed by atoms with Crippen LogP contribution in [0.4, 0.5) is 0 Å². The van der Waals surface area contributed by atoms with Crippen molar-refractivity contribution < 1.29 is 38.0 Å². The molecule has 0 N–H and O–H groups in total. The van der Waals surface area contributed by atoms with E-state index in [1.165, 1.54) is 25.7 Å². The van der Waals surface area contributed by atoms with Crippen LogP contribution in [0.3, 0.4) is 0 Å². The number of methoxy groups -OCH3 is 2. The van der Waals surface area contributed by atoms with Gasteiger partial charge in [0.1, 0.15) is 23.0 Å². The predicted octanol–water partition coefficient (Wildman–Crippen LogP) is 8.38. The van der Waals surface area contributed by atoms with Crippen LogP contribution >= 0.6 is 0 Å². The Kier molecular flexibility index (Phi) is 16.6. The summed E-state index contributed by atoms with van der Waals surface area (Å²) in [5.41, 5.74) is 1.43. The average Bonchev–Trinajstić information content (AvgIpc) is 3.04. The summed E-state index contributed by atoms with van der Waals surface area (Å²) in [5, 5.41) is 0. The Bertz CT molecular complexity index is 1270. The molecule has 0 amide bonds. The van der Waals surface area contributed by atoms with E-state index in [1.807, 2.05) is 0 Å². The number of esters is 2. The highest BCUT2D eigenvalue weighted by atomic mass is 16.5. The third kappa shape index (κ3) is 13.7. The monoisotopic (exact) mass is 620 g/mol. The van der Waals surface area contributed by atoms with E-state index >= 15 is 0 Å². The van der Waals surface area contributed by atoms with Crippen LogP contribution in [0.15, 0.2) is 66.7 Å². The first-order valence-corrected chi connectivity index (χ1v) is 16.0. The van der Waals surface area contributed by atoms with E-state index in [1.54, 1.807) is 87.9 Å². The maximum absolute atomic E-state index is 12.8. The molecule has 8 nitrogen and oxygen atoms in total. The van der Waals surface area contributed by atoms with Crippen molar-refractivity contribution in [2.75, 3.05) is 40.6 Å². The molecular formula is C37H48O8. The molecule has 3 aromatic rings. The number of carbonyl (C=O) groups is 2. The van der Waals surface area contributed by atoms with Gasteiger partial charge in [0.15, 0.2) is 0 Å². The fraction of sp³-hybridized carbons (Fsp3) is 0.459. The Labute approximate surface area is 267 Å². The van der Waals surface area contributed by atoms with E-state index in [2.05, 4.69) is 0 Å². The van der Waals surface area contributed by atoms with Gasteiger partial charge in [0.2, 0.25) is 0 Å². The van der Waals surface area contributed by atoms with Crippen LogP contribution in [-0.4, -0.2) is 52.6 Å². The van der Waals surface area contributed by atoms with E-state index < -0.39 is 11.9 Å².